The Morgan fingerprint density at radius 2 is 1.81 bits per heavy atom. The summed E-state index contributed by atoms with van der Waals surface area (Å²) >= 11 is 3.26. The highest BCUT2D eigenvalue weighted by atomic mass is 79.9. The van der Waals surface area contributed by atoms with E-state index in [0.717, 1.165) is 5.69 Å². The molecule has 0 fully saturated rings. The zero-order chi connectivity index (χ0) is 15.6. The van der Waals surface area contributed by atoms with E-state index in [1.807, 2.05) is 31.1 Å². The molecule has 0 aromatic heterocycles. The van der Waals surface area contributed by atoms with Crippen molar-refractivity contribution in [2.75, 3.05) is 29.5 Å². The van der Waals surface area contributed by atoms with Crippen LogP contribution in [-0.2, 0) is 10.0 Å². The van der Waals surface area contributed by atoms with Gasteiger partial charge < -0.3 is 10.6 Å². The van der Waals surface area contributed by atoms with Crippen LogP contribution in [0.3, 0.4) is 0 Å². The third-order valence-corrected chi connectivity index (χ3v) is 4.81. The van der Waals surface area contributed by atoms with Gasteiger partial charge in [0.1, 0.15) is 4.90 Å². The van der Waals surface area contributed by atoms with Crippen LogP contribution in [0, 0.1) is 0 Å². The maximum Gasteiger partial charge on any atom is 0.264 e. The summed E-state index contributed by atoms with van der Waals surface area (Å²) in [6.07, 6.45) is 0. The summed E-state index contributed by atoms with van der Waals surface area (Å²) < 4.78 is 28.3. The molecule has 7 heteroatoms. The fourth-order valence-corrected chi connectivity index (χ4v) is 3.64. The van der Waals surface area contributed by atoms with Crippen molar-refractivity contribution in [3.63, 3.8) is 0 Å². The van der Waals surface area contributed by atoms with Gasteiger partial charge in [-0.1, -0.05) is 28.1 Å². The lowest BCUT2D eigenvalue weighted by Gasteiger charge is -2.18. The second-order valence-corrected chi connectivity index (χ2v) is 7.27. The summed E-state index contributed by atoms with van der Waals surface area (Å²) in [5, 5.41) is 0. The predicted octanol–water partition coefficient (Wildman–Crippen LogP) is 2.90. The van der Waals surface area contributed by atoms with Crippen LogP contribution in [-0.4, -0.2) is 22.5 Å². The molecular formula is C14H16BrN3O2S. The third kappa shape index (κ3) is 3.48. The maximum absolute atomic E-state index is 12.5. The zero-order valence-corrected chi connectivity index (χ0v) is 14.1. The molecule has 0 aliphatic rings. The van der Waals surface area contributed by atoms with Crippen LogP contribution < -0.4 is 15.4 Å². The topological polar surface area (TPSA) is 75.4 Å². The number of nitrogen functional groups attached to an aromatic ring is 1. The second kappa shape index (κ2) is 5.95. The number of para-hydroxylation sites is 2. The molecule has 0 radical (unpaired) electrons. The van der Waals surface area contributed by atoms with Gasteiger partial charge in [0, 0.05) is 18.6 Å². The van der Waals surface area contributed by atoms with E-state index in [-0.39, 0.29) is 10.6 Å². The van der Waals surface area contributed by atoms with Gasteiger partial charge in [0.15, 0.2) is 0 Å². The van der Waals surface area contributed by atoms with Gasteiger partial charge in [-0.25, -0.2) is 8.42 Å². The predicted molar refractivity (Wildman–Crippen MR) is 90.1 cm³/mol. The lowest BCUT2D eigenvalue weighted by Crippen LogP contribution is -2.18. The van der Waals surface area contributed by atoms with Crippen molar-refractivity contribution in [1.82, 2.24) is 0 Å². The van der Waals surface area contributed by atoms with Gasteiger partial charge in [-0.05, 0) is 30.3 Å². The summed E-state index contributed by atoms with van der Waals surface area (Å²) in [5.41, 5.74) is 7.25. The Hall–Kier alpha value is -1.73. The lowest BCUT2D eigenvalue weighted by molar-refractivity contribution is 0.601. The summed E-state index contributed by atoms with van der Waals surface area (Å²) in [5.74, 6) is 0. The van der Waals surface area contributed by atoms with E-state index in [1.165, 1.54) is 6.07 Å². The molecule has 0 spiro atoms. The average Bonchev–Trinajstić information content (AvgIpc) is 2.41. The van der Waals surface area contributed by atoms with Crippen LogP contribution in [0.15, 0.2) is 51.8 Å². The number of benzene rings is 2. The summed E-state index contributed by atoms with van der Waals surface area (Å²) in [6, 6.07) is 11.9. The first-order valence-electron chi connectivity index (χ1n) is 6.15. The highest BCUT2D eigenvalue weighted by molar-refractivity contribution is 9.10. The van der Waals surface area contributed by atoms with Gasteiger partial charge in [0.05, 0.1) is 17.1 Å². The Morgan fingerprint density at radius 3 is 2.48 bits per heavy atom. The van der Waals surface area contributed by atoms with Crippen molar-refractivity contribution >= 4 is 43.0 Å². The molecule has 0 aliphatic carbocycles. The molecule has 21 heavy (non-hydrogen) atoms. The molecule has 0 atom stereocenters. The summed E-state index contributed by atoms with van der Waals surface area (Å²) in [4.78, 5) is 1.88. The van der Waals surface area contributed by atoms with Crippen molar-refractivity contribution < 1.29 is 8.42 Å². The number of halogens is 1. The number of anilines is 3. The lowest BCUT2D eigenvalue weighted by atomic mass is 10.2. The number of hydrogen-bond acceptors (Lipinski definition) is 4. The first kappa shape index (κ1) is 15.7. The van der Waals surface area contributed by atoms with E-state index >= 15 is 0 Å². The molecule has 0 heterocycles. The Morgan fingerprint density at radius 1 is 1.14 bits per heavy atom. The number of nitrogens with zero attached hydrogens (tertiary/aromatic N) is 1. The molecule has 0 amide bonds. The van der Waals surface area contributed by atoms with E-state index in [1.54, 1.807) is 24.3 Å². The molecule has 112 valence electrons. The summed E-state index contributed by atoms with van der Waals surface area (Å²) in [6.45, 7) is 0. The number of hydrogen-bond donors (Lipinski definition) is 2. The van der Waals surface area contributed by atoms with Gasteiger partial charge in [-0.3, -0.25) is 4.72 Å². The van der Waals surface area contributed by atoms with Crippen LogP contribution in [0.1, 0.15) is 0 Å². The molecule has 0 aliphatic heterocycles. The zero-order valence-electron chi connectivity index (χ0n) is 11.7. The van der Waals surface area contributed by atoms with Crippen LogP contribution in [0.4, 0.5) is 17.1 Å². The monoisotopic (exact) mass is 369 g/mol. The van der Waals surface area contributed by atoms with Crippen LogP contribution in [0.2, 0.25) is 0 Å². The number of sulfonamides is 1. The van der Waals surface area contributed by atoms with Crippen molar-refractivity contribution in [2.24, 2.45) is 0 Å². The second-order valence-electron chi connectivity index (χ2n) is 4.70. The highest BCUT2D eigenvalue weighted by Crippen LogP contribution is 2.29. The molecule has 0 bridgehead atoms. The van der Waals surface area contributed by atoms with E-state index in [4.69, 9.17) is 5.73 Å². The number of nitrogens with one attached hydrogen (secondary N) is 1. The first-order chi connectivity index (χ1) is 9.81. The third-order valence-electron chi connectivity index (χ3n) is 2.90. The van der Waals surface area contributed by atoms with E-state index in [9.17, 15) is 8.42 Å². The van der Waals surface area contributed by atoms with Crippen molar-refractivity contribution in [1.29, 1.82) is 0 Å². The molecule has 2 rings (SSSR count). The average molecular weight is 370 g/mol. The molecule has 0 saturated heterocycles. The fourth-order valence-electron chi connectivity index (χ4n) is 1.89. The number of rotatable bonds is 4. The molecule has 2 aromatic rings. The van der Waals surface area contributed by atoms with Crippen molar-refractivity contribution in [2.45, 2.75) is 4.90 Å². The van der Waals surface area contributed by atoms with Gasteiger partial charge >= 0.3 is 0 Å². The minimum atomic E-state index is -3.75. The highest BCUT2D eigenvalue weighted by Gasteiger charge is 2.19. The van der Waals surface area contributed by atoms with Gasteiger partial charge in [-0.2, -0.15) is 0 Å². The van der Waals surface area contributed by atoms with Crippen molar-refractivity contribution in [3.8, 4) is 0 Å². The fraction of sp³-hybridized carbons (Fsp3) is 0.143. The summed E-state index contributed by atoms with van der Waals surface area (Å²) in [7, 11) is -0.0586. The Balaban J connectivity index is 2.45. The smallest absolute Gasteiger partial charge is 0.264 e. The molecule has 2 aromatic carbocycles. The quantitative estimate of drug-likeness (QED) is 0.812. The van der Waals surface area contributed by atoms with Crippen LogP contribution in [0.5, 0.6) is 0 Å². The Labute approximate surface area is 132 Å². The Bertz CT molecular complexity index is 761. The van der Waals surface area contributed by atoms with Gasteiger partial charge in [-0.15, -0.1) is 0 Å². The molecule has 0 unspecified atom stereocenters. The van der Waals surface area contributed by atoms with E-state index in [0.29, 0.717) is 10.2 Å². The first-order valence-corrected chi connectivity index (χ1v) is 8.43. The van der Waals surface area contributed by atoms with Crippen molar-refractivity contribution in [3.05, 3.63) is 46.9 Å². The molecule has 3 N–H and O–H groups in total. The maximum atomic E-state index is 12.5. The largest absolute Gasteiger partial charge is 0.398 e. The van der Waals surface area contributed by atoms with E-state index in [2.05, 4.69) is 20.7 Å². The Kier molecular flexibility index (Phi) is 4.43. The minimum absolute atomic E-state index is 0.0467. The normalized spacial score (nSPS) is 11.2. The molecule has 0 saturated carbocycles. The SMILES string of the molecule is CN(C)c1ccccc1NS(=O)(=O)c1cc(Br)ccc1N. The molecular weight excluding hydrogens is 354 g/mol. The van der Waals surface area contributed by atoms with Crippen LogP contribution >= 0.6 is 15.9 Å². The standard InChI is InChI=1S/C14H16BrN3O2S/c1-18(2)13-6-4-3-5-12(13)17-21(19,20)14-9-10(15)7-8-11(14)16/h3-9,17H,16H2,1-2H3. The van der Waals surface area contributed by atoms with Gasteiger partial charge in [0.25, 0.3) is 10.0 Å². The minimum Gasteiger partial charge on any atom is -0.398 e. The molecule has 5 nitrogen and oxygen atoms in total. The van der Waals surface area contributed by atoms with Crippen LogP contribution in [0.25, 0.3) is 0 Å². The van der Waals surface area contributed by atoms with E-state index < -0.39 is 10.0 Å². The van der Waals surface area contributed by atoms with Gasteiger partial charge in [0.2, 0.25) is 0 Å². The number of nitrogens with two attached hydrogens (primary N) is 1.